The van der Waals surface area contributed by atoms with E-state index in [0.29, 0.717) is 17.5 Å². The lowest BCUT2D eigenvalue weighted by atomic mass is 9.94. The van der Waals surface area contributed by atoms with Gasteiger partial charge in [0.15, 0.2) is 17.5 Å². The summed E-state index contributed by atoms with van der Waals surface area (Å²) in [6.45, 7) is 0. The highest BCUT2D eigenvalue weighted by Crippen LogP contribution is 2.43. The summed E-state index contributed by atoms with van der Waals surface area (Å²) in [5.41, 5.74) is 8.02. The molecular weight excluding hydrogens is 590 g/mol. The SMILES string of the molecule is c1ccc(-c2nc(-c3ccccc3)nc(-c3cc(-c4ccc5c(c4)oc4ccccc45)c4c(c3)oc3ccc5ccccc5c34)n2)cc1. The van der Waals surface area contributed by atoms with Crippen molar-refractivity contribution in [3.8, 4) is 45.3 Å². The van der Waals surface area contributed by atoms with Crippen LogP contribution in [-0.4, -0.2) is 15.0 Å². The monoisotopic (exact) mass is 615 g/mol. The molecule has 3 heterocycles. The van der Waals surface area contributed by atoms with E-state index in [1.807, 2.05) is 78.9 Å². The van der Waals surface area contributed by atoms with Gasteiger partial charge >= 0.3 is 0 Å². The summed E-state index contributed by atoms with van der Waals surface area (Å²) in [6.07, 6.45) is 0. The van der Waals surface area contributed by atoms with Crippen molar-refractivity contribution in [2.24, 2.45) is 0 Å². The molecule has 0 atom stereocenters. The fraction of sp³-hybridized carbons (Fsp3) is 0. The molecule has 7 aromatic carbocycles. The number of fused-ring (bicyclic) bond motifs is 8. The van der Waals surface area contributed by atoms with Crippen LogP contribution in [0.15, 0.2) is 160 Å². The van der Waals surface area contributed by atoms with E-state index in [9.17, 15) is 0 Å². The van der Waals surface area contributed by atoms with Gasteiger partial charge in [-0.3, -0.25) is 0 Å². The van der Waals surface area contributed by atoms with Gasteiger partial charge in [0.2, 0.25) is 0 Å². The molecule has 0 aliphatic carbocycles. The second kappa shape index (κ2) is 10.5. The molecule has 0 unspecified atom stereocenters. The van der Waals surface area contributed by atoms with Crippen molar-refractivity contribution in [1.29, 1.82) is 0 Å². The van der Waals surface area contributed by atoms with E-state index in [-0.39, 0.29) is 0 Å². The molecule has 0 saturated heterocycles. The topological polar surface area (TPSA) is 65.0 Å². The molecule has 224 valence electrons. The van der Waals surface area contributed by atoms with Crippen molar-refractivity contribution >= 4 is 54.6 Å². The first-order valence-electron chi connectivity index (χ1n) is 15.9. The fourth-order valence-electron chi connectivity index (χ4n) is 6.85. The first kappa shape index (κ1) is 26.6. The Balaban J connectivity index is 1.28. The number of hydrogen-bond acceptors (Lipinski definition) is 5. The predicted molar refractivity (Wildman–Crippen MR) is 194 cm³/mol. The molecule has 0 bridgehead atoms. The zero-order valence-electron chi connectivity index (χ0n) is 25.6. The molecule has 10 rings (SSSR count). The molecule has 0 aliphatic heterocycles. The summed E-state index contributed by atoms with van der Waals surface area (Å²) < 4.78 is 13.0. The molecule has 48 heavy (non-hydrogen) atoms. The van der Waals surface area contributed by atoms with Gasteiger partial charge in [0.25, 0.3) is 0 Å². The van der Waals surface area contributed by atoms with Gasteiger partial charge in [-0.1, -0.05) is 115 Å². The van der Waals surface area contributed by atoms with Crippen molar-refractivity contribution in [1.82, 2.24) is 15.0 Å². The van der Waals surface area contributed by atoms with Gasteiger partial charge in [0.05, 0.1) is 0 Å². The third-order valence-corrected chi connectivity index (χ3v) is 9.11. The first-order chi connectivity index (χ1) is 23.8. The number of aromatic nitrogens is 3. The molecule has 0 N–H and O–H groups in total. The molecule has 0 fully saturated rings. The lowest BCUT2D eigenvalue weighted by molar-refractivity contribution is 0.668. The van der Waals surface area contributed by atoms with E-state index in [1.165, 1.54) is 0 Å². The number of nitrogens with zero attached hydrogens (tertiary/aromatic N) is 3. The first-order valence-corrected chi connectivity index (χ1v) is 15.9. The molecule has 5 nitrogen and oxygen atoms in total. The highest BCUT2D eigenvalue weighted by atomic mass is 16.3. The van der Waals surface area contributed by atoms with Crippen molar-refractivity contribution in [3.05, 3.63) is 152 Å². The summed E-state index contributed by atoms with van der Waals surface area (Å²) in [5, 5.41) is 6.62. The zero-order valence-corrected chi connectivity index (χ0v) is 25.6. The molecule has 5 heteroatoms. The van der Waals surface area contributed by atoms with Gasteiger partial charge in [0, 0.05) is 38.2 Å². The normalized spacial score (nSPS) is 11.8. The summed E-state index contributed by atoms with van der Waals surface area (Å²) in [7, 11) is 0. The van der Waals surface area contributed by atoms with Crippen LogP contribution in [0.25, 0.3) is 99.9 Å². The molecule has 10 aromatic rings. The van der Waals surface area contributed by atoms with Crippen LogP contribution < -0.4 is 0 Å². The van der Waals surface area contributed by atoms with Crippen LogP contribution in [0, 0.1) is 0 Å². The standard InChI is InChI=1S/C43H25N3O2/c1-3-12-27(13-4-1)41-44-42(28-14-5-2-6-15-28)46-43(45-41)30-23-34(29-19-21-33-32-17-9-10-18-35(32)47-37(33)24-29)40-38(25-30)48-36-22-20-26-11-7-8-16-31(26)39(36)40/h1-25H. The van der Waals surface area contributed by atoms with Gasteiger partial charge in [-0.15, -0.1) is 0 Å². The van der Waals surface area contributed by atoms with Crippen molar-refractivity contribution in [2.45, 2.75) is 0 Å². The fourth-order valence-corrected chi connectivity index (χ4v) is 6.85. The van der Waals surface area contributed by atoms with Gasteiger partial charge in [-0.05, 0) is 58.3 Å². The third-order valence-electron chi connectivity index (χ3n) is 9.11. The minimum Gasteiger partial charge on any atom is -0.456 e. The van der Waals surface area contributed by atoms with E-state index in [2.05, 4.69) is 72.8 Å². The quantitative estimate of drug-likeness (QED) is 0.197. The van der Waals surface area contributed by atoms with Gasteiger partial charge in [0.1, 0.15) is 22.3 Å². The Bertz CT molecular complexity index is 2780. The molecule has 0 radical (unpaired) electrons. The number of hydrogen-bond donors (Lipinski definition) is 0. The maximum Gasteiger partial charge on any atom is 0.164 e. The number of furan rings is 2. The number of rotatable bonds is 4. The lowest BCUT2D eigenvalue weighted by Crippen LogP contribution is -2.00. The summed E-state index contributed by atoms with van der Waals surface area (Å²) in [6, 6.07) is 51.6. The molecule has 3 aromatic heterocycles. The van der Waals surface area contributed by atoms with E-state index >= 15 is 0 Å². The zero-order chi connectivity index (χ0) is 31.6. The second-order valence-electron chi connectivity index (χ2n) is 12.0. The predicted octanol–water partition coefficient (Wildman–Crippen LogP) is 11.5. The molecule has 0 spiro atoms. The average Bonchev–Trinajstić information content (AvgIpc) is 3.73. The Kier molecular flexibility index (Phi) is 5.81. The van der Waals surface area contributed by atoms with Crippen LogP contribution in [0.4, 0.5) is 0 Å². The van der Waals surface area contributed by atoms with E-state index < -0.39 is 0 Å². The van der Waals surface area contributed by atoms with E-state index in [4.69, 9.17) is 23.8 Å². The van der Waals surface area contributed by atoms with Crippen LogP contribution in [0.3, 0.4) is 0 Å². The Morgan fingerprint density at radius 3 is 1.67 bits per heavy atom. The van der Waals surface area contributed by atoms with Gasteiger partial charge in [-0.2, -0.15) is 0 Å². The molecule has 0 amide bonds. The van der Waals surface area contributed by atoms with E-state index in [0.717, 1.165) is 82.5 Å². The Morgan fingerprint density at radius 2 is 0.917 bits per heavy atom. The highest BCUT2D eigenvalue weighted by molar-refractivity contribution is 6.23. The van der Waals surface area contributed by atoms with Crippen LogP contribution >= 0.6 is 0 Å². The smallest absolute Gasteiger partial charge is 0.164 e. The lowest BCUT2D eigenvalue weighted by Gasteiger charge is -2.11. The van der Waals surface area contributed by atoms with E-state index in [1.54, 1.807) is 0 Å². The molecular formula is C43H25N3O2. The minimum atomic E-state index is 0.570. The molecule has 0 aliphatic rings. The maximum absolute atomic E-state index is 6.66. The summed E-state index contributed by atoms with van der Waals surface area (Å²) in [4.78, 5) is 15.0. The van der Waals surface area contributed by atoms with Crippen molar-refractivity contribution in [2.75, 3.05) is 0 Å². The highest BCUT2D eigenvalue weighted by Gasteiger charge is 2.20. The van der Waals surface area contributed by atoms with Crippen LogP contribution in [0.1, 0.15) is 0 Å². The molecule has 0 saturated carbocycles. The number of benzene rings is 7. The Hall–Kier alpha value is -6.59. The maximum atomic E-state index is 6.66. The van der Waals surface area contributed by atoms with Crippen LogP contribution in [0.2, 0.25) is 0 Å². The van der Waals surface area contributed by atoms with Gasteiger partial charge < -0.3 is 8.83 Å². The Labute approximate surface area is 274 Å². The summed E-state index contributed by atoms with van der Waals surface area (Å²) in [5.74, 6) is 1.79. The number of para-hydroxylation sites is 1. The van der Waals surface area contributed by atoms with Crippen molar-refractivity contribution < 1.29 is 8.83 Å². The minimum absolute atomic E-state index is 0.570. The largest absolute Gasteiger partial charge is 0.456 e. The van der Waals surface area contributed by atoms with Crippen LogP contribution in [0.5, 0.6) is 0 Å². The van der Waals surface area contributed by atoms with Crippen LogP contribution in [-0.2, 0) is 0 Å². The van der Waals surface area contributed by atoms with Gasteiger partial charge in [-0.25, -0.2) is 15.0 Å². The average molecular weight is 616 g/mol. The summed E-state index contributed by atoms with van der Waals surface area (Å²) >= 11 is 0. The Morgan fingerprint density at radius 1 is 0.333 bits per heavy atom. The van der Waals surface area contributed by atoms with Crippen molar-refractivity contribution in [3.63, 3.8) is 0 Å². The third kappa shape index (κ3) is 4.22. The second-order valence-corrected chi connectivity index (χ2v) is 12.0.